The third-order valence-corrected chi connectivity index (χ3v) is 11.6. The summed E-state index contributed by atoms with van der Waals surface area (Å²) in [5.74, 6) is 0. The van der Waals surface area contributed by atoms with Crippen molar-refractivity contribution < 1.29 is 0 Å². The van der Waals surface area contributed by atoms with Crippen molar-refractivity contribution in [3.8, 4) is 44.5 Å². The second-order valence-electron chi connectivity index (χ2n) is 14.4. The van der Waals surface area contributed by atoms with Crippen LogP contribution >= 0.6 is 0 Å². The second-order valence-corrected chi connectivity index (χ2v) is 14.4. The lowest BCUT2D eigenvalue weighted by Gasteiger charge is -2.32. The van der Waals surface area contributed by atoms with E-state index < -0.39 is 0 Å². The molecule has 0 amide bonds. The van der Waals surface area contributed by atoms with Crippen molar-refractivity contribution in [2.75, 3.05) is 4.90 Å². The van der Waals surface area contributed by atoms with E-state index >= 15 is 0 Å². The fraction of sp³-hybridized carbons (Fsp3) is 0.115. The Hall–Kier alpha value is -6.18. The van der Waals surface area contributed by atoms with Gasteiger partial charge < -0.3 is 4.90 Å². The van der Waals surface area contributed by atoms with Crippen LogP contribution in [0.25, 0.3) is 55.3 Å². The Kier molecular flexibility index (Phi) is 8.28. The Morgan fingerprint density at radius 3 is 1.64 bits per heavy atom. The van der Waals surface area contributed by atoms with Crippen molar-refractivity contribution in [3.63, 3.8) is 0 Å². The summed E-state index contributed by atoms with van der Waals surface area (Å²) in [7, 11) is 0. The summed E-state index contributed by atoms with van der Waals surface area (Å²) < 4.78 is 0. The molecule has 0 aromatic heterocycles. The fourth-order valence-corrected chi connectivity index (χ4v) is 8.92. The van der Waals surface area contributed by atoms with Crippen LogP contribution in [0.15, 0.2) is 182 Å². The van der Waals surface area contributed by atoms with E-state index in [4.69, 9.17) is 0 Å². The summed E-state index contributed by atoms with van der Waals surface area (Å²) in [6.45, 7) is 6.88. The molecule has 1 aliphatic rings. The highest BCUT2D eigenvalue weighted by Gasteiger charge is 2.43. The maximum Gasteiger partial charge on any atom is 0.0621 e. The van der Waals surface area contributed by atoms with Gasteiger partial charge in [-0.25, -0.2) is 0 Å². The first kappa shape index (κ1) is 32.7. The molecule has 256 valence electrons. The molecule has 0 saturated heterocycles. The van der Waals surface area contributed by atoms with Crippen molar-refractivity contribution in [3.05, 3.63) is 199 Å². The molecule has 1 aliphatic carbocycles. The second kappa shape index (κ2) is 13.4. The monoisotopic (exact) mass is 681 g/mol. The van der Waals surface area contributed by atoms with Gasteiger partial charge in [0.1, 0.15) is 0 Å². The zero-order valence-corrected chi connectivity index (χ0v) is 30.7. The van der Waals surface area contributed by atoms with Gasteiger partial charge in [0.05, 0.1) is 5.69 Å². The molecule has 0 saturated carbocycles. The van der Waals surface area contributed by atoms with E-state index in [2.05, 4.69) is 208 Å². The third kappa shape index (κ3) is 5.47. The lowest BCUT2D eigenvalue weighted by atomic mass is 9.73. The smallest absolute Gasteiger partial charge is 0.0621 e. The van der Waals surface area contributed by atoms with Crippen molar-refractivity contribution in [1.82, 2.24) is 0 Å². The first-order chi connectivity index (χ1) is 26.1. The van der Waals surface area contributed by atoms with Crippen LogP contribution in [-0.2, 0) is 5.41 Å². The molecule has 0 unspecified atom stereocenters. The molecule has 0 aliphatic heterocycles. The number of anilines is 3. The topological polar surface area (TPSA) is 3.24 Å². The average molecular weight is 682 g/mol. The summed E-state index contributed by atoms with van der Waals surface area (Å²) in [5.41, 5.74) is 17.7. The van der Waals surface area contributed by atoms with Gasteiger partial charge in [-0.05, 0) is 106 Å². The summed E-state index contributed by atoms with van der Waals surface area (Å²) in [5, 5.41) is 2.53. The largest absolute Gasteiger partial charge is 0.309 e. The molecule has 0 atom stereocenters. The molecule has 1 heteroatoms. The van der Waals surface area contributed by atoms with Crippen LogP contribution in [0.5, 0.6) is 0 Å². The van der Waals surface area contributed by atoms with Crippen LogP contribution < -0.4 is 4.90 Å². The van der Waals surface area contributed by atoms with Crippen LogP contribution in [0, 0.1) is 6.92 Å². The average Bonchev–Trinajstić information content (AvgIpc) is 3.51. The quantitative estimate of drug-likeness (QED) is 0.154. The molecule has 8 aromatic carbocycles. The summed E-state index contributed by atoms with van der Waals surface area (Å²) in [6, 6.07) is 67.2. The van der Waals surface area contributed by atoms with Crippen molar-refractivity contribution in [1.29, 1.82) is 0 Å². The Morgan fingerprint density at radius 2 is 0.981 bits per heavy atom. The minimum absolute atomic E-state index is 0.0452. The Morgan fingerprint density at radius 1 is 0.434 bits per heavy atom. The van der Waals surface area contributed by atoms with E-state index in [1.165, 1.54) is 77.7 Å². The number of benzene rings is 8. The number of aryl methyl sites for hydroxylation is 1. The molecular formula is C52H43N. The zero-order valence-electron chi connectivity index (χ0n) is 30.7. The van der Waals surface area contributed by atoms with Gasteiger partial charge >= 0.3 is 0 Å². The van der Waals surface area contributed by atoms with Gasteiger partial charge in [-0.1, -0.05) is 171 Å². The summed E-state index contributed by atoms with van der Waals surface area (Å²) >= 11 is 0. The number of nitrogens with zero attached hydrogens (tertiary/aromatic N) is 1. The van der Waals surface area contributed by atoms with E-state index in [0.29, 0.717) is 0 Å². The maximum atomic E-state index is 2.52. The molecule has 0 bridgehead atoms. The molecule has 0 fully saturated rings. The highest BCUT2D eigenvalue weighted by molar-refractivity contribution is 6.10. The lowest BCUT2D eigenvalue weighted by molar-refractivity contribution is 0.491. The Labute approximate surface area is 313 Å². The SMILES string of the molecule is CCC1(CC)c2ccccc2-c2c1cc1ccccc1c2N(c1ccc(-c2cccc(C)c2)cc1)c1ccc(-c2ccccc2-c2ccccc2)cc1. The van der Waals surface area contributed by atoms with Gasteiger partial charge in [0, 0.05) is 27.7 Å². The van der Waals surface area contributed by atoms with Crippen LogP contribution in [0.2, 0.25) is 0 Å². The number of hydrogen-bond donors (Lipinski definition) is 0. The first-order valence-electron chi connectivity index (χ1n) is 19.0. The molecule has 0 radical (unpaired) electrons. The highest BCUT2D eigenvalue weighted by Crippen LogP contribution is 2.59. The fourth-order valence-electron chi connectivity index (χ4n) is 8.92. The summed E-state index contributed by atoms with van der Waals surface area (Å²) in [4.78, 5) is 2.52. The van der Waals surface area contributed by atoms with Gasteiger partial charge in [-0.2, -0.15) is 0 Å². The van der Waals surface area contributed by atoms with E-state index in [9.17, 15) is 0 Å². The van der Waals surface area contributed by atoms with Crippen LogP contribution in [-0.4, -0.2) is 0 Å². The number of hydrogen-bond acceptors (Lipinski definition) is 1. The molecule has 53 heavy (non-hydrogen) atoms. The van der Waals surface area contributed by atoms with E-state index in [-0.39, 0.29) is 5.41 Å². The van der Waals surface area contributed by atoms with Crippen molar-refractivity contribution in [2.45, 2.75) is 39.0 Å². The van der Waals surface area contributed by atoms with Crippen molar-refractivity contribution in [2.24, 2.45) is 0 Å². The Balaban J connectivity index is 1.28. The molecule has 0 heterocycles. The number of fused-ring (bicyclic) bond motifs is 4. The molecule has 0 N–H and O–H groups in total. The van der Waals surface area contributed by atoms with Crippen LogP contribution in [0.3, 0.4) is 0 Å². The molecule has 0 spiro atoms. The van der Waals surface area contributed by atoms with E-state index in [0.717, 1.165) is 24.2 Å². The first-order valence-corrected chi connectivity index (χ1v) is 19.0. The third-order valence-electron chi connectivity index (χ3n) is 11.6. The van der Waals surface area contributed by atoms with Crippen LogP contribution in [0.1, 0.15) is 43.4 Å². The van der Waals surface area contributed by atoms with Crippen molar-refractivity contribution >= 4 is 27.8 Å². The van der Waals surface area contributed by atoms with Gasteiger partial charge in [0.15, 0.2) is 0 Å². The minimum atomic E-state index is -0.0452. The van der Waals surface area contributed by atoms with Gasteiger partial charge in [0.2, 0.25) is 0 Å². The summed E-state index contributed by atoms with van der Waals surface area (Å²) in [6.07, 6.45) is 2.10. The normalized spacial score (nSPS) is 12.7. The molecule has 9 rings (SSSR count). The van der Waals surface area contributed by atoms with Crippen LogP contribution in [0.4, 0.5) is 17.1 Å². The highest BCUT2D eigenvalue weighted by atomic mass is 15.1. The standard InChI is InChI=1S/C52H43N/c1-4-52(5-2)48-25-14-13-24-47(48)50-49(52)35-41-19-9-10-23-46(41)51(50)53(42-30-26-37(27-31-42)40-20-15-16-36(3)34-40)43-32-28-39(29-33-43)45-22-12-11-21-44(45)38-17-7-6-8-18-38/h6-35H,4-5H2,1-3H3. The zero-order chi connectivity index (χ0) is 35.9. The maximum absolute atomic E-state index is 2.52. The molecular weight excluding hydrogens is 639 g/mol. The minimum Gasteiger partial charge on any atom is -0.309 e. The predicted molar refractivity (Wildman–Crippen MR) is 226 cm³/mol. The molecule has 1 nitrogen and oxygen atoms in total. The Bertz CT molecular complexity index is 2570. The number of rotatable bonds is 8. The lowest BCUT2D eigenvalue weighted by Crippen LogP contribution is -2.23. The van der Waals surface area contributed by atoms with Gasteiger partial charge in [0.25, 0.3) is 0 Å². The molecule has 8 aromatic rings. The van der Waals surface area contributed by atoms with E-state index in [1.807, 2.05) is 0 Å². The van der Waals surface area contributed by atoms with E-state index in [1.54, 1.807) is 0 Å². The van der Waals surface area contributed by atoms with Gasteiger partial charge in [-0.3, -0.25) is 0 Å². The predicted octanol–water partition coefficient (Wildman–Crippen LogP) is 14.7. The van der Waals surface area contributed by atoms with Gasteiger partial charge in [-0.15, -0.1) is 0 Å².